The number of anilines is 1. The minimum Gasteiger partial charge on any atom is -0.388 e. The van der Waals surface area contributed by atoms with E-state index in [2.05, 4.69) is 34.9 Å². The molecule has 1 atom stereocenters. The summed E-state index contributed by atoms with van der Waals surface area (Å²) in [6.07, 6.45) is 1.28. The number of hydrogen-bond acceptors (Lipinski definition) is 2. The molecule has 1 aliphatic rings. The first-order valence-corrected chi connectivity index (χ1v) is 4.41. The van der Waals surface area contributed by atoms with Gasteiger partial charge in [0.1, 0.15) is 0 Å². The molecule has 1 heterocycles. The Hall–Kier alpha value is -1.02. The third-order valence-electron chi connectivity index (χ3n) is 2.43. The van der Waals surface area contributed by atoms with Gasteiger partial charge in [0.25, 0.3) is 0 Å². The van der Waals surface area contributed by atoms with Crippen LogP contribution in [0.1, 0.15) is 18.0 Å². The van der Waals surface area contributed by atoms with Crippen LogP contribution in [0.15, 0.2) is 24.3 Å². The van der Waals surface area contributed by atoms with Crippen molar-refractivity contribution in [1.29, 1.82) is 0 Å². The molecule has 0 spiro atoms. The fourth-order valence-electron chi connectivity index (χ4n) is 1.46. The summed E-state index contributed by atoms with van der Waals surface area (Å²) in [6.45, 7) is 1.17. The van der Waals surface area contributed by atoms with Crippen molar-refractivity contribution in [2.45, 2.75) is 12.5 Å². The molecule has 1 aromatic carbocycles. The molecule has 0 radical (unpaired) electrons. The van der Waals surface area contributed by atoms with Crippen LogP contribution in [0.3, 0.4) is 0 Å². The van der Waals surface area contributed by atoms with E-state index >= 15 is 0 Å². The van der Waals surface area contributed by atoms with Crippen molar-refractivity contribution in [3.8, 4) is 0 Å². The highest BCUT2D eigenvalue weighted by Crippen LogP contribution is 2.23. The highest BCUT2D eigenvalue weighted by atomic mass is 15.0. The molecule has 0 bridgehead atoms. The second kappa shape index (κ2) is 3.15. The summed E-state index contributed by atoms with van der Waals surface area (Å²) >= 11 is 0. The summed E-state index contributed by atoms with van der Waals surface area (Å²) in [5, 5.41) is 6.49. The van der Waals surface area contributed by atoms with E-state index in [1.807, 2.05) is 7.05 Å². The number of benzene rings is 1. The number of rotatable bonds is 2. The summed E-state index contributed by atoms with van der Waals surface area (Å²) in [7, 11) is 1.94. The molecule has 0 amide bonds. The van der Waals surface area contributed by atoms with Gasteiger partial charge >= 0.3 is 0 Å². The minimum absolute atomic E-state index is 0.607. The topological polar surface area (TPSA) is 24.1 Å². The van der Waals surface area contributed by atoms with Gasteiger partial charge in [0, 0.05) is 18.8 Å². The van der Waals surface area contributed by atoms with Crippen LogP contribution < -0.4 is 10.6 Å². The van der Waals surface area contributed by atoms with Gasteiger partial charge in [-0.1, -0.05) is 12.1 Å². The van der Waals surface area contributed by atoms with Gasteiger partial charge in [-0.3, -0.25) is 0 Å². The summed E-state index contributed by atoms with van der Waals surface area (Å²) in [6, 6.07) is 9.21. The molecule has 1 fully saturated rings. The number of hydrogen-bond donors (Lipinski definition) is 2. The summed E-state index contributed by atoms with van der Waals surface area (Å²) < 4.78 is 0. The molecular formula is C10H14N2. The second-order valence-corrected chi connectivity index (χ2v) is 3.17. The van der Waals surface area contributed by atoms with Gasteiger partial charge < -0.3 is 10.6 Å². The van der Waals surface area contributed by atoms with Crippen molar-refractivity contribution in [1.82, 2.24) is 5.32 Å². The Morgan fingerprint density at radius 3 is 2.42 bits per heavy atom. The Kier molecular flexibility index (Phi) is 2.00. The molecular weight excluding hydrogens is 148 g/mol. The average molecular weight is 162 g/mol. The van der Waals surface area contributed by atoms with Gasteiger partial charge in [0.2, 0.25) is 0 Å². The third-order valence-corrected chi connectivity index (χ3v) is 2.43. The molecule has 12 heavy (non-hydrogen) atoms. The Balaban J connectivity index is 2.13. The maximum Gasteiger partial charge on any atom is 0.0337 e. The van der Waals surface area contributed by atoms with Gasteiger partial charge in [-0.25, -0.2) is 0 Å². The van der Waals surface area contributed by atoms with Crippen LogP contribution >= 0.6 is 0 Å². The van der Waals surface area contributed by atoms with E-state index in [1.54, 1.807) is 0 Å². The van der Waals surface area contributed by atoms with Crippen LogP contribution in [0.2, 0.25) is 0 Å². The van der Waals surface area contributed by atoms with Crippen molar-refractivity contribution >= 4 is 5.69 Å². The molecule has 1 aromatic rings. The molecule has 0 saturated carbocycles. The minimum atomic E-state index is 0.607. The Labute approximate surface area is 73.0 Å². The van der Waals surface area contributed by atoms with Gasteiger partial charge in [-0.2, -0.15) is 0 Å². The maximum absolute atomic E-state index is 3.38. The van der Waals surface area contributed by atoms with Gasteiger partial charge in [0.05, 0.1) is 0 Å². The fraction of sp³-hybridized carbons (Fsp3) is 0.400. The molecule has 2 N–H and O–H groups in total. The molecule has 2 rings (SSSR count). The Morgan fingerprint density at radius 2 is 2.00 bits per heavy atom. The molecule has 2 heteroatoms. The van der Waals surface area contributed by atoms with E-state index in [-0.39, 0.29) is 0 Å². The van der Waals surface area contributed by atoms with Crippen LogP contribution in [-0.2, 0) is 0 Å². The van der Waals surface area contributed by atoms with Gasteiger partial charge in [-0.15, -0.1) is 0 Å². The average Bonchev–Trinajstić information content (AvgIpc) is 2.03. The van der Waals surface area contributed by atoms with Crippen LogP contribution in [0.25, 0.3) is 0 Å². The van der Waals surface area contributed by atoms with Crippen molar-refractivity contribution in [2.24, 2.45) is 0 Å². The SMILES string of the molecule is CNc1ccc(C2CCN2)cc1. The molecule has 1 aliphatic heterocycles. The molecule has 0 aliphatic carbocycles. The van der Waals surface area contributed by atoms with E-state index in [4.69, 9.17) is 0 Å². The van der Waals surface area contributed by atoms with E-state index in [9.17, 15) is 0 Å². The predicted octanol–water partition coefficient (Wildman–Crippen LogP) is 1.76. The van der Waals surface area contributed by atoms with Crippen molar-refractivity contribution in [3.05, 3.63) is 29.8 Å². The van der Waals surface area contributed by atoms with Gasteiger partial charge in [-0.05, 0) is 30.7 Å². The lowest BCUT2D eigenvalue weighted by atomic mass is 9.98. The van der Waals surface area contributed by atoms with E-state index < -0.39 is 0 Å². The van der Waals surface area contributed by atoms with Crippen LogP contribution in [-0.4, -0.2) is 13.6 Å². The molecule has 0 aromatic heterocycles. The lowest BCUT2D eigenvalue weighted by molar-refractivity contribution is 0.383. The molecule has 1 unspecified atom stereocenters. The third kappa shape index (κ3) is 1.30. The lowest BCUT2D eigenvalue weighted by Crippen LogP contribution is -2.34. The Morgan fingerprint density at radius 1 is 1.33 bits per heavy atom. The monoisotopic (exact) mass is 162 g/mol. The molecule has 64 valence electrons. The zero-order valence-electron chi connectivity index (χ0n) is 7.30. The first-order valence-electron chi connectivity index (χ1n) is 4.41. The summed E-state index contributed by atoms with van der Waals surface area (Å²) in [5.74, 6) is 0. The quantitative estimate of drug-likeness (QED) is 0.692. The zero-order valence-corrected chi connectivity index (χ0v) is 7.30. The number of nitrogens with one attached hydrogen (secondary N) is 2. The normalized spacial score (nSPS) is 21.6. The van der Waals surface area contributed by atoms with E-state index in [0.29, 0.717) is 6.04 Å². The van der Waals surface area contributed by atoms with Gasteiger partial charge in [0.15, 0.2) is 0 Å². The van der Waals surface area contributed by atoms with Crippen LogP contribution in [0, 0.1) is 0 Å². The second-order valence-electron chi connectivity index (χ2n) is 3.17. The highest BCUT2D eigenvalue weighted by molar-refractivity contribution is 5.44. The largest absolute Gasteiger partial charge is 0.388 e. The zero-order chi connectivity index (χ0) is 8.39. The standard InChI is InChI=1S/C10H14N2/c1-11-9-4-2-8(3-5-9)10-6-7-12-10/h2-5,10-12H,6-7H2,1H3. The van der Waals surface area contributed by atoms with E-state index in [1.165, 1.54) is 24.2 Å². The van der Waals surface area contributed by atoms with Crippen molar-refractivity contribution < 1.29 is 0 Å². The summed E-state index contributed by atoms with van der Waals surface area (Å²) in [4.78, 5) is 0. The fourth-order valence-corrected chi connectivity index (χ4v) is 1.46. The van der Waals surface area contributed by atoms with Crippen molar-refractivity contribution in [2.75, 3.05) is 18.9 Å². The maximum atomic E-state index is 3.38. The van der Waals surface area contributed by atoms with Crippen LogP contribution in [0.5, 0.6) is 0 Å². The highest BCUT2D eigenvalue weighted by Gasteiger charge is 2.17. The summed E-state index contributed by atoms with van der Waals surface area (Å²) in [5.41, 5.74) is 2.58. The van der Waals surface area contributed by atoms with E-state index in [0.717, 1.165) is 0 Å². The Bertz CT molecular complexity index is 249. The van der Waals surface area contributed by atoms with Crippen LogP contribution in [0.4, 0.5) is 5.69 Å². The first kappa shape index (κ1) is 7.62. The molecule has 1 saturated heterocycles. The smallest absolute Gasteiger partial charge is 0.0337 e. The first-order chi connectivity index (χ1) is 5.90. The molecule has 2 nitrogen and oxygen atoms in total. The lowest BCUT2D eigenvalue weighted by Gasteiger charge is -2.28. The van der Waals surface area contributed by atoms with Crippen molar-refractivity contribution in [3.63, 3.8) is 0 Å². The predicted molar refractivity (Wildman–Crippen MR) is 51.3 cm³/mol.